The lowest BCUT2D eigenvalue weighted by molar-refractivity contribution is -0.139. The number of rotatable bonds is 4. The molecule has 0 saturated heterocycles. The first-order valence-corrected chi connectivity index (χ1v) is 7.39. The highest BCUT2D eigenvalue weighted by Crippen LogP contribution is 2.22. The van der Waals surface area contributed by atoms with Gasteiger partial charge in [-0.05, 0) is 12.8 Å². The van der Waals surface area contributed by atoms with Crippen molar-refractivity contribution in [2.45, 2.75) is 42.4 Å². The molecule has 17 heavy (non-hydrogen) atoms. The number of carbonyl (C=O) groups excluding carboxylic acids is 2. The van der Waals surface area contributed by atoms with E-state index < -0.39 is 0 Å². The molecule has 5 heteroatoms. The van der Waals surface area contributed by atoms with Crippen molar-refractivity contribution < 1.29 is 14.3 Å². The van der Waals surface area contributed by atoms with Gasteiger partial charge in [0.2, 0.25) is 5.91 Å². The van der Waals surface area contributed by atoms with Crippen LogP contribution in [0, 0.1) is 5.92 Å². The fourth-order valence-electron chi connectivity index (χ4n) is 2.09. The van der Waals surface area contributed by atoms with E-state index in [0.29, 0.717) is 6.54 Å². The SMILES string of the molecule is COC(=O)C(I)CNC(=O)C1CCCCCC1. The van der Waals surface area contributed by atoms with Crippen molar-refractivity contribution in [3.63, 3.8) is 0 Å². The molecule has 0 bridgehead atoms. The van der Waals surface area contributed by atoms with E-state index in [1.165, 1.54) is 20.0 Å². The first-order valence-electron chi connectivity index (χ1n) is 6.14. The first-order chi connectivity index (χ1) is 8.15. The summed E-state index contributed by atoms with van der Waals surface area (Å²) >= 11 is 1.99. The molecular formula is C12H20INO3. The summed E-state index contributed by atoms with van der Waals surface area (Å²) in [5.41, 5.74) is 0. The van der Waals surface area contributed by atoms with Gasteiger partial charge in [-0.25, -0.2) is 0 Å². The van der Waals surface area contributed by atoms with Gasteiger partial charge in [-0.1, -0.05) is 48.3 Å². The minimum Gasteiger partial charge on any atom is -0.468 e. The van der Waals surface area contributed by atoms with Crippen molar-refractivity contribution in [1.82, 2.24) is 5.32 Å². The number of alkyl halides is 1. The van der Waals surface area contributed by atoms with E-state index in [2.05, 4.69) is 10.1 Å². The molecule has 0 spiro atoms. The van der Waals surface area contributed by atoms with Crippen molar-refractivity contribution in [3.8, 4) is 0 Å². The minimum absolute atomic E-state index is 0.0949. The topological polar surface area (TPSA) is 55.4 Å². The molecule has 1 amide bonds. The van der Waals surface area contributed by atoms with Gasteiger partial charge in [-0.2, -0.15) is 0 Å². The zero-order valence-corrected chi connectivity index (χ0v) is 12.4. The second-order valence-electron chi connectivity index (χ2n) is 4.42. The van der Waals surface area contributed by atoms with Crippen molar-refractivity contribution in [2.24, 2.45) is 5.92 Å². The van der Waals surface area contributed by atoms with Crippen molar-refractivity contribution in [1.29, 1.82) is 0 Å². The van der Waals surface area contributed by atoms with Gasteiger partial charge in [0.1, 0.15) is 3.92 Å². The highest BCUT2D eigenvalue weighted by atomic mass is 127. The molecule has 0 aromatic carbocycles. The number of amides is 1. The smallest absolute Gasteiger partial charge is 0.320 e. The second kappa shape index (κ2) is 7.89. The predicted octanol–water partition coefficient (Wildman–Crippen LogP) is 2.05. The maximum Gasteiger partial charge on any atom is 0.320 e. The zero-order chi connectivity index (χ0) is 12.7. The summed E-state index contributed by atoms with van der Waals surface area (Å²) in [6.45, 7) is 0.364. The van der Waals surface area contributed by atoms with E-state index in [-0.39, 0.29) is 21.7 Å². The van der Waals surface area contributed by atoms with Gasteiger partial charge in [0.25, 0.3) is 0 Å². The van der Waals surface area contributed by atoms with Crippen LogP contribution in [0.15, 0.2) is 0 Å². The Morgan fingerprint density at radius 1 is 1.29 bits per heavy atom. The average Bonchev–Trinajstić information content (AvgIpc) is 2.63. The quantitative estimate of drug-likeness (QED) is 0.364. The molecule has 1 saturated carbocycles. The Morgan fingerprint density at radius 2 is 1.88 bits per heavy atom. The molecule has 1 rings (SSSR count). The number of hydrogen-bond donors (Lipinski definition) is 1. The van der Waals surface area contributed by atoms with Crippen LogP contribution in [-0.2, 0) is 14.3 Å². The molecule has 1 N–H and O–H groups in total. The number of esters is 1. The number of ether oxygens (including phenoxy) is 1. The molecule has 4 nitrogen and oxygen atoms in total. The van der Waals surface area contributed by atoms with E-state index >= 15 is 0 Å². The normalized spacial score (nSPS) is 19.2. The van der Waals surface area contributed by atoms with Gasteiger partial charge in [0, 0.05) is 12.5 Å². The van der Waals surface area contributed by atoms with Crippen LogP contribution in [0.1, 0.15) is 38.5 Å². The van der Waals surface area contributed by atoms with Crippen LogP contribution in [0.4, 0.5) is 0 Å². The summed E-state index contributed by atoms with van der Waals surface area (Å²) in [5, 5.41) is 2.85. The molecule has 1 unspecified atom stereocenters. The third-order valence-electron chi connectivity index (χ3n) is 3.14. The largest absolute Gasteiger partial charge is 0.468 e. The van der Waals surface area contributed by atoms with E-state index in [9.17, 15) is 9.59 Å². The average molecular weight is 353 g/mol. The van der Waals surface area contributed by atoms with Crippen LogP contribution in [-0.4, -0.2) is 29.5 Å². The summed E-state index contributed by atoms with van der Waals surface area (Å²) in [4.78, 5) is 23.1. The van der Waals surface area contributed by atoms with E-state index in [1.807, 2.05) is 22.6 Å². The lowest BCUT2D eigenvalue weighted by Crippen LogP contribution is -2.37. The molecule has 1 aliphatic carbocycles. The van der Waals surface area contributed by atoms with E-state index in [4.69, 9.17) is 0 Å². The van der Waals surface area contributed by atoms with E-state index in [0.717, 1.165) is 25.7 Å². The zero-order valence-electron chi connectivity index (χ0n) is 10.2. The molecule has 0 heterocycles. The van der Waals surface area contributed by atoms with Crippen molar-refractivity contribution >= 4 is 34.5 Å². The minimum atomic E-state index is -0.299. The lowest BCUT2D eigenvalue weighted by atomic mass is 9.99. The van der Waals surface area contributed by atoms with Crippen molar-refractivity contribution in [2.75, 3.05) is 13.7 Å². The third-order valence-corrected chi connectivity index (χ3v) is 4.09. The number of carbonyl (C=O) groups is 2. The fourth-order valence-corrected chi connectivity index (χ4v) is 2.56. The highest BCUT2D eigenvalue weighted by Gasteiger charge is 2.22. The van der Waals surface area contributed by atoms with Crippen LogP contribution in [0.3, 0.4) is 0 Å². The summed E-state index contributed by atoms with van der Waals surface area (Å²) in [7, 11) is 1.36. The Morgan fingerprint density at radius 3 is 2.41 bits per heavy atom. The number of methoxy groups -OCH3 is 1. The molecule has 0 radical (unpaired) electrons. The molecule has 0 aliphatic heterocycles. The third kappa shape index (κ3) is 5.23. The second-order valence-corrected chi connectivity index (χ2v) is 5.93. The molecular weight excluding hydrogens is 333 g/mol. The summed E-state index contributed by atoms with van der Waals surface area (Å²) in [6, 6.07) is 0. The van der Waals surface area contributed by atoms with Gasteiger partial charge < -0.3 is 10.1 Å². The summed E-state index contributed by atoms with van der Waals surface area (Å²) < 4.78 is 4.31. The fraction of sp³-hybridized carbons (Fsp3) is 0.833. The van der Waals surface area contributed by atoms with Gasteiger partial charge >= 0.3 is 5.97 Å². The molecule has 0 aromatic heterocycles. The molecule has 98 valence electrons. The summed E-state index contributed by atoms with van der Waals surface area (Å²) in [5.74, 6) is -0.0528. The van der Waals surface area contributed by atoms with Gasteiger partial charge in [-0.3, -0.25) is 9.59 Å². The first kappa shape index (κ1) is 14.7. The predicted molar refractivity (Wildman–Crippen MR) is 74.0 cm³/mol. The van der Waals surface area contributed by atoms with Crippen molar-refractivity contribution in [3.05, 3.63) is 0 Å². The van der Waals surface area contributed by atoms with Crippen LogP contribution in [0.2, 0.25) is 0 Å². The van der Waals surface area contributed by atoms with E-state index in [1.54, 1.807) is 0 Å². The van der Waals surface area contributed by atoms with Gasteiger partial charge in [0.15, 0.2) is 0 Å². The molecule has 1 fully saturated rings. The molecule has 0 aromatic rings. The van der Waals surface area contributed by atoms with Crippen LogP contribution in [0.5, 0.6) is 0 Å². The number of halogens is 1. The monoisotopic (exact) mass is 353 g/mol. The standard InChI is InChI=1S/C12H20INO3/c1-17-12(16)10(13)8-14-11(15)9-6-4-2-3-5-7-9/h9-10H,2-8H2,1H3,(H,14,15). The Kier molecular flexibility index (Phi) is 6.84. The van der Waals surface area contributed by atoms with Gasteiger partial charge in [-0.15, -0.1) is 0 Å². The Labute approximate surface area is 116 Å². The highest BCUT2D eigenvalue weighted by molar-refractivity contribution is 14.1. The Bertz CT molecular complexity index is 262. The maximum absolute atomic E-state index is 11.9. The summed E-state index contributed by atoms with van der Waals surface area (Å²) in [6.07, 6.45) is 6.72. The van der Waals surface area contributed by atoms with Crippen LogP contribution in [0.25, 0.3) is 0 Å². The lowest BCUT2D eigenvalue weighted by Gasteiger charge is -2.15. The Balaban J connectivity index is 2.30. The van der Waals surface area contributed by atoms with Gasteiger partial charge in [0.05, 0.1) is 7.11 Å². The number of nitrogens with one attached hydrogen (secondary N) is 1. The molecule has 1 atom stereocenters. The maximum atomic E-state index is 11.9. The molecule has 1 aliphatic rings. The van der Waals surface area contributed by atoms with Crippen LogP contribution >= 0.6 is 22.6 Å². The van der Waals surface area contributed by atoms with Crippen LogP contribution < -0.4 is 5.32 Å². The number of hydrogen-bond acceptors (Lipinski definition) is 3. The Hall–Kier alpha value is -0.330.